The molecule has 2 rings (SSSR count). The predicted molar refractivity (Wildman–Crippen MR) is 88.7 cm³/mol. The summed E-state index contributed by atoms with van der Waals surface area (Å²) >= 11 is 5.88. The van der Waals surface area contributed by atoms with E-state index in [-0.39, 0.29) is 18.3 Å². The number of carbonyl (C=O) groups is 2. The highest BCUT2D eigenvalue weighted by atomic mass is 35.5. The molecule has 5 nitrogen and oxygen atoms in total. The molecule has 0 heterocycles. The van der Waals surface area contributed by atoms with Crippen LogP contribution in [0.3, 0.4) is 0 Å². The van der Waals surface area contributed by atoms with Gasteiger partial charge in [-0.1, -0.05) is 17.7 Å². The fourth-order valence-electron chi connectivity index (χ4n) is 2.03. The molecular formula is C17H16ClNO4. The first-order valence-electron chi connectivity index (χ1n) is 6.86. The third-order valence-electron chi connectivity index (χ3n) is 3.17. The third-order valence-corrected chi connectivity index (χ3v) is 3.40. The molecule has 0 saturated carbocycles. The molecule has 2 aromatic rings. The normalized spacial score (nSPS) is 10.0. The number of aryl methyl sites for hydroxylation is 1. The molecule has 23 heavy (non-hydrogen) atoms. The van der Waals surface area contributed by atoms with E-state index in [0.29, 0.717) is 28.3 Å². The fourth-order valence-corrected chi connectivity index (χ4v) is 2.26. The number of aldehydes is 1. The summed E-state index contributed by atoms with van der Waals surface area (Å²) in [5.41, 5.74) is 1.81. The van der Waals surface area contributed by atoms with Crippen molar-refractivity contribution in [3.63, 3.8) is 0 Å². The second kappa shape index (κ2) is 7.65. The monoisotopic (exact) mass is 333 g/mol. The minimum atomic E-state index is -0.349. The Morgan fingerprint density at radius 2 is 2.09 bits per heavy atom. The molecule has 0 aliphatic heterocycles. The maximum absolute atomic E-state index is 12.0. The molecule has 1 amide bonds. The van der Waals surface area contributed by atoms with E-state index in [1.54, 1.807) is 36.4 Å². The average molecular weight is 334 g/mol. The summed E-state index contributed by atoms with van der Waals surface area (Å²) in [5, 5.41) is 3.33. The number of rotatable bonds is 6. The Balaban J connectivity index is 2.06. The summed E-state index contributed by atoms with van der Waals surface area (Å²) in [6.45, 7) is 1.59. The van der Waals surface area contributed by atoms with Gasteiger partial charge in [0.05, 0.1) is 12.7 Å². The first-order chi connectivity index (χ1) is 11.0. The van der Waals surface area contributed by atoms with Crippen LogP contribution in [0, 0.1) is 6.92 Å². The molecule has 0 atom stereocenters. The van der Waals surface area contributed by atoms with Crippen molar-refractivity contribution in [2.45, 2.75) is 6.92 Å². The largest absolute Gasteiger partial charge is 0.493 e. The Labute approximate surface area is 139 Å². The van der Waals surface area contributed by atoms with Gasteiger partial charge in [-0.05, 0) is 42.8 Å². The van der Waals surface area contributed by atoms with E-state index in [2.05, 4.69) is 5.32 Å². The maximum Gasteiger partial charge on any atom is 0.262 e. The van der Waals surface area contributed by atoms with Crippen LogP contribution in [0.2, 0.25) is 5.02 Å². The van der Waals surface area contributed by atoms with Crippen molar-refractivity contribution in [3.05, 3.63) is 52.5 Å². The van der Waals surface area contributed by atoms with E-state index in [0.717, 1.165) is 5.56 Å². The Bertz CT molecular complexity index is 731. The molecule has 0 aromatic heterocycles. The van der Waals surface area contributed by atoms with E-state index in [1.807, 2.05) is 6.92 Å². The highest BCUT2D eigenvalue weighted by molar-refractivity contribution is 6.30. The molecule has 0 aliphatic carbocycles. The average Bonchev–Trinajstić information content (AvgIpc) is 2.55. The van der Waals surface area contributed by atoms with Gasteiger partial charge in [0, 0.05) is 10.7 Å². The zero-order valence-electron chi connectivity index (χ0n) is 12.8. The number of hydrogen-bond acceptors (Lipinski definition) is 4. The van der Waals surface area contributed by atoms with Crippen molar-refractivity contribution < 1.29 is 19.1 Å². The van der Waals surface area contributed by atoms with Crippen LogP contribution in [-0.4, -0.2) is 25.9 Å². The molecule has 120 valence electrons. The first kappa shape index (κ1) is 16.8. The van der Waals surface area contributed by atoms with Crippen LogP contribution < -0.4 is 14.8 Å². The van der Waals surface area contributed by atoms with Gasteiger partial charge in [-0.25, -0.2) is 0 Å². The van der Waals surface area contributed by atoms with Crippen LogP contribution in [0.5, 0.6) is 11.5 Å². The molecular weight excluding hydrogens is 318 g/mol. The van der Waals surface area contributed by atoms with Gasteiger partial charge in [-0.3, -0.25) is 9.59 Å². The molecule has 0 radical (unpaired) electrons. The van der Waals surface area contributed by atoms with E-state index in [4.69, 9.17) is 21.1 Å². The SMILES string of the molecule is COc1cccc(C=O)c1OCC(=O)Nc1ccc(Cl)cc1C. The Morgan fingerprint density at radius 1 is 1.30 bits per heavy atom. The molecule has 0 aliphatic rings. The summed E-state index contributed by atoms with van der Waals surface area (Å²) in [4.78, 5) is 23.1. The fraction of sp³-hybridized carbons (Fsp3) is 0.176. The number of methoxy groups -OCH3 is 1. The number of hydrogen-bond donors (Lipinski definition) is 1. The van der Waals surface area contributed by atoms with Gasteiger partial charge in [0.25, 0.3) is 5.91 Å². The van der Waals surface area contributed by atoms with Crippen molar-refractivity contribution >= 4 is 29.5 Å². The summed E-state index contributed by atoms with van der Waals surface area (Å²) in [6.07, 6.45) is 0.652. The lowest BCUT2D eigenvalue weighted by Crippen LogP contribution is -2.21. The number of anilines is 1. The number of para-hydroxylation sites is 1. The van der Waals surface area contributed by atoms with Gasteiger partial charge in [-0.2, -0.15) is 0 Å². The minimum absolute atomic E-state index is 0.243. The molecule has 0 bridgehead atoms. The maximum atomic E-state index is 12.0. The summed E-state index contributed by atoms with van der Waals surface area (Å²) in [7, 11) is 1.47. The van der Waals surface area contributed by atoms with Gasteiger partial charge in [0.1, 0.15) is 0 Å². The number of ether oxygens (including phenoxy) is 2. The summed E-state index contributed by atoms with van der Waals surface area (Å²) in [6, 6.07) is 10.1. The van der Waals surface area contributed by atoms with Crippen molar-refractivity contribution in [3.8, 4) is 11.5 Å². The van der Waals surface area contributed by atoms with Gasteiger partial charge >= 0.3 is 0 Å². The number of halogens is 1. The molecule has 2 aromatic carbocycles. The lowest BCUT2D eigenvalue weighted by molar-refractivity contribution is -0.118. The van der Waals surface area contributed by atoms with E-state index < -0.39 is 0 Å². The topological polar surface area (TPSA) is 64.6 Å². The smallest absolute Gasteiger partial charge is 0.262 e. The zero-order valence-corrected chi connectivity index (χ0v) is 13.5. The standard InChI is InChI=1S/C17H16ClNO4/c1-11-8-13(18)6-7-14(11)19-16(21)10-23-17-12(9-20)4-3-5-15(17)22-2/h3-9H,10H2,1-2H3,(H,19,21). The van der Waals surface area contributed by atoms with Crippen molar-refractivity contribution in [2.24, 2.45) is 0 Å². The zero-order chi connectivity index (χ0) is 16.8. The van der Waals surface area contributed by atoms with Gasteiger partial charge in [0.2, 0.25) is 0 Å². The number of nitrogens with one attached hydrogen (secondary N) is 1. The Hall–Kier alpha value is -2.53. The van der Waals surface area contributed by atoms with E-state index in [9.17, 15) is 9.59 Å². The minimum Gasteiger partial charge on any atom is -0.493 e. The Morgan fingerprint density at radius 3 is 2.74 bits per heavy atom. The lowest BCUT2D eigenvalue weighted by Gasteiger charge is -2.13. The van der Waals surface area contributed by atoms with Crippen molar-refractivity contribution in [2.75, 3.05) is 19.0 Å². The highest BCUT2D eigenvalue weighted by Gasteiger charge is 2.13. The van der Waals surface area contributed by atoms with Crippen LogP contribution in [0.1, 0.15) is 15.9 Å². The van der Waals surface area contributed by atoms with Crippen LogP contribution in [0.4, 0.5) is 5.69 Å². The summed E-state index contributed by atoms with van der Waals surface area (Å²) < 4.78 is 10.6. The molecule has 1 N–H and O–H groups in total. The van der Waals surface area contributed by atoms with Crippen LogP contribution >= 0.6 is 11.6 Å². The number of benzene rings is 2. The second-order valence-electron chi connectivity index (χ2n) is 4.79. The predicted octanol–water partition coefficient (Wildman–Crippen LogP) is 3.49. The lowest BCUT2D eigenvalue weighted by atomic mass is 10.2. The number of carbonyl (C=O) groups excluding carboxylic acids is 2. The van der Waals surface area contributed by atoms with Crippen molar-refractivity contribution in [1.82, 2.24) is 0 Å². The summed E-state index contributed by atoms with van der Waals surface area (Å²) in [5.74, 6) is 0.288. The van der Waals surface area contributed by atoms with Crippen molar-refractivity contribution in [1.29, 1.82) is 0 Å². The quantitative estimate of drug-likeness (QED) is 0.822. The Kier molecular flexibility index (Phi) is 5.60. The molecule has 0 saturated heterocycles. The first-order valence-corrected chi connectivity index (χ1v) is 7.24. The van der Waals surface area contributed by atoms with E-state index in [1.165, 1.54) is 7.11 Å². The highest BCUT2D eigenvalue weighted by Crippen LogP contribution is 2.30. The molecule has 0 fully saturated rings. The van der Waals surface area contributed by atoms with Gasteiger partial charge in [0.15, 0.2) is 24.4 Å². The third kappa shape index (κ3) is 4.23. The van der Waals surface area contributed by atoms with Crippen LogP contribution in [0.25, 0.3) is 0 Å². The molecule has 0 unspecified atom stereocenters. The molecule has 6 heteroatoms. The van der Waals surface area contributed by atoms with Crippen LogP contribution in [0.15, 0.2) is 36.4 Å². The van der Waals surface area contributed by atoms with Gasteiger partial charge in [-0.15, -0.1) is 0 Å². The second-order valence-corrected chi connectivity index (χ2v) is 5.23. The van der Waals surface area contributed by atoms with Crippen LogP contribution in [-0.2, 0) is 4.79 Å². The molecule has 0 spiro atoms. The number of amides is 1. The van der Waals surface area contributed by atoms with Gasteiger partial charge < -0.3 is 14.8 Å². The van der Waals surface area contributed by atoms with E-state index >= 15 is 0 Å².